The van der Waals surface area contributed by atoms with Crippen molar-refractivity contribution in [1.82, 2.24) is 0 Å². The average Bonchev–Trinajstić information content (AvgIpc) is 2.58. The van der Waals surface area contributed by atoms with Crippen LogP contribution >= 0.6 is 0 Å². The maximum absolute atomic E-state index is 11.0. The third kappa shape index (κ3) is 4.89. The van der Waals surface area contributed by atoms with E-state index in [4.69, 9.17) is 9.84 Å². The number of aliphatic carboxylic acids is 1. The van der Waals surface area contributed by atoms with E-state index in [0.717, 1.165) is 28.9 Å². The molecule has 0 aromatic heterocycles. The summed E-state index contributed by atoms with van der Waals surface area (Å²) in [6, 6.07) is 15.0. The van der Waals surface area contributed by atoms with Crippen molar-refractivity contribution in [3.8, 4) is 17.6 Å². The van der Waals surface area contributed by atoms with Gasteiger partial charge >= 0.3 is 5.97 Å². The summed E-state index contributed by atoms with van der Waals surface area (Å²) in [6.45, 7) is 4.46. The van der Waals surface area contributed by atoms with Crippen molar-refractivity contribution < 1.29 is 14.6 Å². The molecule has 0 spiro atoms. The van der Waals surface area contributed by atoms with Crippen molar-refractivity contribution in [3.63, 3.8) is 0 Å². The Morgan fingerprint density at radius 2 is 1.57 bits per heavy atom. The van der Waals surface area contributed by atoms with Gasteiger partial charge in [-0.05, 0) is 55.3 Å². The lowest BCUT2D eigenvalue weighted by atomic mass is 10.0. The van der Waals surface area contributed by atoms with Gasteiger partial charge in [0.2, 0.25) is 0 Å². The van der Waals surface area contributed by atoms with Gasteiger partial charge < -0.3 is 9.84 Å². The molecule has 0 bridgehead atoms. The summed E-state index contributed by atoms with van der Waals surface area (Å²) in [4.78, 5) is 11.0. The summed E-state index contributed by atoms with van der Waals surface area (Å²) < 4.78 is 5.53. The number of ether oxygens (including phenoxy) is 1. The number of benzene rings is 2. The lowest BCUT2D eigenvalue weighted by molar-refractivity contribution is -0.138. The zero-order valence-electron chi connectivity index (χ0n) is 13.4. The fraction of sp³-hybridized carbons (Fsp3) is 0.250. The smallest absolute Gasteiger partial charge is 0.310 e. The van der Waals surface area contributed by atoms with Gasteiger partial charge in [0.05, 0.1) is 12.5 Å². The molecule has 1 atom stereocenters. The molecule has 0 saturated heterocycles. The fourth-order valence-corrected chi connectivity index (χ4v) is 2.00. The third-order valence-corrected chi connectivity index (χ3v) is 3.46. The van der Waals surface area contributed by atoms with Crippen molar-refractivity contribution >= 4 is 5.97 Å². The number of hydrogen-bond donors (Lipinski definition) is 1. The van der Waals surface area contributed by atoms with Crippen molar-refractivity contribution in [3.05, 3.63) is 65.2 Å². The van der Waals surface area contributed by atoms with Gasteiger partial charge in [-0.25, -0.2) is 0 Å². The van der Waals surface area contributed by atoms with Crippen LogP contribution in [-0.2, 0) is 4.79 Å². The first kappa shape index (κ1) is 16.6. The highest BCUT2D eigenvalue weighted by Gasteiger charge is 2.12. The lowest BCUT2D eigenvalue weighted by Gasteiger charge is -2.05. The van der Waals surface area contributed by atoms with Crippen LogP contribution in [0, 0.1) is 11.8 Å². The van der Waals surface area contributed by atoms with Crippen LogP contribution in [0.15, 0.2) is 48.5 Å². The van der Waals surface area contributed by atoms with Gasteiger partial charge in [-0.15, -0.1) is 0 Å². The van der Waals surface area contributed by atoms with E-state index in [1.165, 1.54) is 0 Å². The van der Waals surface area contributed by atoms with Gasteiger partial charge in [-0.2, -0.15) is 0 Å². The van der Waals surface area contributed by atoms with E-state index in [0.29, 0.717) is 6.61 Å². The Hall–Kier alpha value is -2.73. The minimum Gasteiger partial charge on any atom is -0.494 e. The van der Waals surface area contributed by atoms with Crippen LogP contribution in [0.3, 0.4) is 0 Å². The lowest BCUT2D eigenvalue weighted by Crippen LogP contribution is -2.06. The molecule has 2 aromatic rings. The second kappa shape index (κ2) is 8.05. The average molecular weight is 308 g/mol. The summed E-state index contributed by atoms with van der Waals surface area (Å²) in [7, 11) is 0. The van der Waals surface area contributed by atoms with E-state index in [2.05, 4.69) is 18.8 Å². The Morgan fingerprint density at radius 3 is 2.04 bits per heavy atom. The van der Waals surface area contributed by atoms with E-state index in [1.807, 2.05) is 48.5 Å². The molecule has 2 rings (SSSR count). The van der Waals surface area contributed by atoms with Crippen molar-refractivity contribution in [2.45, 2.75) is 26.2 Å². The molecular formula is C20H20O3. The van der Waals surface area contributed by atoms with E-state index >= 15 is 0 Å². The van der Waals surface area contributed by atoms with Crippen molar-refractivity contribution in [2.24, 2.45) is 0 Å². The zero-order chi connectivity index (χ0) is 16.7. The molecule has 0 aliphatic carbocycles. The quantitative estimate of drug-likeness (QED) is 0.847. The molecule has 118 valence electrons. The van der Waals surface area contributed by atoms with Crippen molar-refractivity contribution in [1.29, 1.82) is 0 Å². The maximum Gasteiger partial charge on any atom is 0.310 e. The molecule has 0 heterocycles. The summed E-state index contributed by atoms with van der Waals surface area (Å²) in [5.74, 6) is 5.69. The number of carbonyl (C=O) groups is 1. The van der Waals surface area contributed by atoms with E-state index in [-0.39, 0.29) is 0 Å². The van der Waals surface area contributed by atoms with Crippen LogP contribution in [0.2, 0.25) is 0 Å². The van der Waals surface area contributed by atoms with Gasteiger partial charge in [0.1, 0.15) is 5.75 Å². The SMILES string of the molecule is CCCOc1ccc(C#Cc2ccc(C(C)C(=O)O)cc2)cc1. The fourth-order valence-electron chi connectivity index (χ4n) is 2.00. The van der Waals surface area contributed by atoms with Crippen LogP contribution in [0.25, 0.3) is 0 Å². The highest BCUT2D eigenvalue weighted by atomic mass is 16.5. The van der Waals surface area contributed by atoms with Crippen molar-refractivity contribution in [2.75, 3.05) is 6.61 Å². The first-order valence-electron chi connectivity index (χ1n) is 7.68. The second-order valence-electron chi connectivity index (χ2n) is 5.30. The number of carboxylic acids is 1. The van der Waals surface area contributed by atoms with E-state index in [1.54, 1.807) is 6.92 Å². The van der Waals surface area contributed by atoms with Crippen LogP contribution in [0.5, 0.6) is 5.75 Å². The maximum atomic E-state index is 11.0. The highest BCUT2D eigenvalue weighted by molar-refractivity contribution is 5.75. The van der Waals surface area contributed by atoms with Gasteiger partial charge in [-0.3, -0.25) is 4.79 Å². The first-order chi connectivity index (χ1) is 11.1. The summed E-state index contributed by atoms with van der Waals surface area (Å²) >= 11 is 0. The van der Waals surface area contributed by atoms with Crippen LogP contribution in [0.1, 0.15) is 42.9 Å². The molecule has 0 radical (unpaired) electrons. The molecule has 0 saturated carbocycles. The van der Waals surface area contributed by atoms with Gasteiger partial charge in [0.15, 0.2) is 0 Å². The predicted octanol–water partition coefficient (Wildman–Crippen LogP) is 4.06. The van der Waals surface area contributed by atoms with Gasteiger partial charge in [0, 0.05) is 11.1 Å². The first-order valence-corrected chi connectivity index (χ1v) is 7.68. The normalized spacial score (nSPS) is 11.2. The molecule has 0 amide bonds. The number of rotatable bonds is 5. The monoisotopic (exact) mass is 308 g/mol. The van der Waals surface area contributed by atoms with E-state index < -0.39 is 11.9 Å². The molecule has 3 nitrogen and oxygen atoms in total. The molecule has 0 aliphatic rings. The Balaban J connectivity index is 2.05. The van der Waals surface area contributed by atoms with Crippen LogP contribution < -0.4 is 4.74 Å². The minimum absolute atomic E-state index is 0.507. The molecule has 3 heteroatoms. The highest BCUT2D eigenvalue weighted by Crippen LogP contribution is 2.16. The largest absolute Gasteiger partial charge is 0.494 e. The Labute approximate surface area is 136 Å². The Bertz CT molecular complexity index is 703. The zero-order valence-corrected chi connectivity index (χ0v) is 13.4. The minimum atomic E-state index is -0.825. The molecule has 23 heavy (non-hydrogen) atoms. The molecular weight excluding hydrogens is 288 g/mol. The summed E-state index contributed by atoms with van der Waals surface area (Å²) in [5, 5.41) is 8.99. The molecule has 0 fully saturated rings. The molecule has 1 N–H and O–H groups in total. The Morgan fingerprint density at radius 1 is 1.04 bits per heavy atom. The summed E-state index contributed by atoms with van der Waals surface area (Å²) in [6.07, 6.45) is 0.984. The summed E-state index contributed by atoms with van der Waals surface area (Å²) in [5.41, 5.74) is 2.55. The van der Waals surface area contributed by atoms with Gasteiger partial charge in [-0.1, -0.05) is 30.9 Å². The second-order valence-corrected chi connectivity index (χ2v) is 5.30. The van der Waals surface area contributed by atoms with Crippen LogP contribution in [0.4, 0.5) is 0 Å². The molecule has 1 unspecified atom stereocenters. The topological polar surface area (TPSA) is 46.5 Å². The Kier molecular flexibility index (Phi) is 5.82. The van der Waals surface area contributed by atoms with Crippen LogP contribution in [-0.4, -0.2) is 17.7 Å². The standard InChI is InChI=1S/C20H20O3/c1-3-14-23-19-12-8-17(9-13-19)5-4-16-6-10-18(11-7-16)15(2)20(21)22/h6-13,15H,3,14H2,1-2H3,(H,21,22). The third-order valence-electron chi connectivity index (χ3n) is 3.46. The van der Waals surface area contributed by atoms with E-state index in [9.17, 15) is 4.79 Å². The number of carboxylic acid groups (broad SMARTS) is 1. The molecule has 0 aliphatic heterocycles. The predicted molar refractivity (Wildman–Crippen MR) is 90.7 cm³/mol. The number of hydrogen-bond acceptors (Lipinski definition) is 2. The van der Waals surface area contributed by atoms with Gasteiger partial charge in [0.25, 0.3) is 0 Å². The molecule has 2 aromatic carbocycles.